The van der Waals surface area contributed by atoms with Crippen molar-refractivity contribution in [1.29, 1.82) is 0 Å². The van der Waals surface area contributed by atoms with Crippen molar-refractivity contribution in [2.75, 3.05) is 6.54 Å². The minimum atomic E-state index is -0.0585. The number of H-pyrrole nitrogens is 1. The second-order valence-corrected chi connectivity index (χ2v) is 5.65. The molecule has 0 fully saturated rings. The van der Waals surface area contributed by atoms with Crippen LogP contribution in [0.4, 0.5) is 0 Å². The molecule has 1 aromatic carbocycles. The van der Waals surface area contributed by atoms with E-state index in [0.717, 1.165) is 23.3 Å². The first-order valence-corrected chi connectivity index (χ1v) is 7.39. The predicted octanol–water partition coefficient (Wildman–Crippen LogP) is 2.46. The molecule has 3 aromatic rings. The molecular weight excluding hydrogens is 276 g/mol. The Morgan fingerprint density at radius 3 is 2.91 bits per heavy atom. The zero-order chi connectivity index (χ0) is 15.1. The van der Waals surface area contributed by atoms with Crippen LogP contribution in [0.5, 0.6) is 0 Å². The molecule has 0 saturated carbocycles. The first-order valence-electron chi connectivity index (χ1n) is 7.39. The molecule has 5 nitrogen and oxygen atoms in total. The average Bonchev–Trinajstić information content (AvgIpc) is 2.92. The van der Waals surface area contributed by atoms with Crippen molar-refractivity contribution in [2.24, 2.45) is 0 Å². The Morgan fingerprint density at radius 2 is 2.09 bits per heavy atom. The maximum absolute atomic E-state index is 12.5. The van der Waals surface area contributed by atoms with Crippen molar-refractivity contribution in [1.82, 2.24) is 19.9 Å². The lowest BCUT2D eigenvalue weighted by Crippen LogP contribution is -2.36. The molecule has 5 heteroatoms. The Kier molecular flexibility index (Phi) is 2.92. The number of aromatic amines is 1. The summed E-state index contributed by atoms with van der Waals surface area (Å²) < 4.78 is 0. The zero-order valence-corrected chi connectivity index (χ0v) is 12.3. The summed E-state index contributed by atoms with van der Waals surface area (Å²) in [6.07, 6.45) is 4.05. The molecule has 0 aliphatic carbocycles. The van der Waals surface area contributed by atoms with E-state index in [1.54, 1.807) is 12.4 Å². The lowest BCUT2D eigenvalue weighted by Gasteiger charge is -2.26. The minimum Gasteiger partial charge on any atom is -0.357 e. The van der Waals surface area contributed by atoms with Gasteiger partial charge >= 0.3 is 0 Å². The lowest BCUT2D eigenvalue weighted by atomic mass is 10.0. The van der Waals surface area contributed by atoms with Gasteiger partial charge in [0.05, 0.1) is 18.4 Å². The number of carbonyl (C=O) groups is 1. The molecule has 0 saturated heterocycles. The number of nitrogens with one attached hydrogen (secondary N) is 1. The van der Waals surface area contributed by atoms with Crippen LogP contribution >= 0.6 is 0 Å². The second kappa shape index (κ2) is 4.94. The van der Waals surface area contributed by atoms with Crippen molar-refractivity contribution < 1.29 is 4.79 Å². The van der Waals surface area contributed by atoms with Crippen molar-refractivity contribution in [3.8, 4) is 0 Å². The molecule has 4 rings (SSSR count). The number of benzene rings is 1. The standard InChI is InChI=1S/C17H16N4O/c1-11-8-19-15(9-18-11)17(22)21-7-6-13-12-4-2-3-5-14(12)20-16(13)10-21/h2-5,8-9,20H,6-7,10H2,1H3. The summed E-state index contributed by atoms with van der Waals surface area (Å²) >= 11 is 0. The van der Waals surface area contributed by atoms with E-state index < -0.39 is 0 Å². The molecule has 22 heavy (non-hydrogen) atoms. The lowest BCUT2D eigenvalue weighted by molar-refractivity contribution is 0.0726. The SMILES string of the molecule is Cc1cnc(C(=O)N2CCc3c([nH]c4ccccc34)C2)cn1. The Bertz CT molecular complexity index is 851. The highest BCUT2D eigenvalue weighted by Gasteiger charge is 2.25. The smallest absolute Gasteiger partial charge is 0.274 e. The van der Waals surface area contributed by atoms with Crippen LogP contribution in [0.2, 0.25) is 0 Å². The molecule has 1 amide bonds. The number of amides is 1. The summed E-state index contributed by atoms with van der Waals surface area (Å²) in [6.45, 7) is 3.17. The first-order chi connectivity index (χ1) is 10.7. The van der Waals surface area contributed by atoms with Gasteiger partial charge in [-0.3, -0.25) is 9.78 Å². The number of para-hydroxylation sites is 1. The number of hydrogen-bond donors (Lipinski definition) is 1. The molecular formula is C17H16N4O. The van der Waals surface area contributed by atoms with E-state index in [1.807, 2.05) is 17.9 Å². The number of aromatic nitrogens is 3. The third kappa shape index (κ3) is 2.06. The van der Waals surface area contributed by atoms with E-state index in [-0.39, 0.29) is 5.91 Å². The van der Waals surface area contributed by atoms with E-state index in [2.05, 4.69) is 33.2 Å². The van der Waals surface area contributed by atoms with Crippen LogP contribution < -0.4 is 0 Å². The summed E-state index contributed by atoms with van der Waals surface area (Å²) in [5.41, 5.74) is 4.81. The van der Waals surface area contributed by atoms with Gasteiger partial charge in [0.25, 0.3) is 5.91 Å². The van der Waals surface area contributed by atoms with Crippen LogP contribution in [-0.4, -0.2) is 32.3 Å². The Labute approximate surface area is 128 Å². The van der Waals surface area contributed by atoms with Gasteiger partial charge in [0, 0.05) is 29.3 Å². The van der Waals surface area contributed by atoms with Gasteiger partial charge in [0.1, 0.15) is 5.69 Å². The summed E-state index contributed by atoms with van der Waals surface area (Å²) in [6, 6.07) is 8.28. The number of aryl methyl sites for hydroxylation is 1. The highest BCUT2D eigenvalue weighted by molar-refractivity contribution is 5.92. The molecule has 0 atom stereocenters. The number of hydrogen-bond acceptors (Lipinski definition) is 3. The molecule has 0 bridgehead atoms. The van der Waals surface area contributed by atoms with Crippen molar-refractivity contribution in [3.63, 3.8) is 0 Å². The van der Waals surface area contributed by atoms with Crippen LogP contribution in [-0.2, 0) is 13.0 Å². The minimum absolute atomic E-state index is 0.0585. The summed E-state index contributed by atoms with van der Waals surface area (Å²) in [5, 5.41) is 1.26. The Morgan fingerprint density at radius 1 is 1.23 bits per heavy atom. The number of carbonyl (C=O) groups excluding carboxylic acids is 1. The van der Waals surface area contributed by atoms with Crippen molar-refractivity contribution in [2.45, 2.75) is 19.9 Å². The van der Waals surface area contributed by atoms with Crippen LogP contribution in [0.1, 0.15) is 27.4 Å². The van der Waals surface area contributed by atoms with Crippen LogP contribution in [0.25, 0.3) is 10.9 Å². The molecule has 0 unspecified atom stereocenters. The number of fused-ring (bicyclic) bond motifs is 3. The molecule has 1 N–H and O–H groups in total. The molecule has 1 aliphatic rings. The molecule has 3 heterocycles. The van der Waals surface area contributed by atoms with Gasteiger partial charge in [0.2, 0.25) is 0 Å². The highest BCUT2D eigenvalue weighted by atomic mass is 16.2. The van der Waals surface area contributed by atoms with Crippen LogP contribution in [0.3, 0.4) is 0 Å². The molecule has 0 radical (unpaired) electrons. The van der Waals surface area contributed by atoms with Crippen LogP contribution in [0, 0.1) is 6.92 Å². The zero-order valence-electron chi connectivity index (χ0n) is 12.3. The van der Waals surface area contributed by atoms with Crippen LogP contribution in [0.15, 0.2) is 36.7 Å². The largest absolute Gasteiger partial charge is 0.357 e. The van der Waals surface area contributed by atoms with E-state index in [9.17, 15) is 4.79 Å². The quantitative estimate of drug-likeness (QED) is 0.749. The van der Waals surface area contributed by atoms with E-state index >= 15 is 0 Å². The van der Waals surface area contributed by atoms with Crippen molar-refractivity contribution in [3.05, 3.63) is 59.3 Å². The fourth-order valence-corrected chi connectivity index (χ4v) is 3.03. The maximum atomic E-state index is 12.5. The highest BCUT2D eigenvalue weighted by Crippen LogP contribution is 2.27. The van der Waals surface area contributed by atoms with Gasteiger partial charge < -0.3 is 9.88 Å². The average molecular weight is 292 g/mol. The molecule has 110 valence electrons. The van der Waals surface area contributed by atoms with Gasteiger partial charge in [-0.2, -0.15) is 0 Å². The van der Waals surface area contributed by atoms with Crippen molar-refractivity contribution >= 4 is 16.8 Å². The molecule has 1 aliphatic heterocycles. The summed E-state index contributed by atoms with van der Waals surface area (Å²) in [4.78, 5) is 26.2. The Balaban J connectivity index is 1.64. The molecule has 0 spiro atoms. The first kappa shape index (κ1) is 13.0. The number of rotatable bonds is 1. The third-order valence-electron chi connectivity index (χ3n) is 4.17. The number of nitrogens with zero attached hydrogens (tertiary/aromatic N) is 3. The fourth-order valence-electron chi connectivity index (χ4n) is 3.03. The normalized spacial score (nSPS) is 14.1. The topological polar surface area (TPSA) is 61.9 Å². The molecule has 2 aromatic heterocycles. The predicted molar refractivity (Wildman–Crippen MR) is 83.5 cm³/mol. The van der Waals surface area contributed by atoms with E-state index in [1.165, 1.54) is 10.9 Å². The fraction of sp³-hybridized carbons (Fsp3) is 0.235. The monoisotopic (exact) mass is 292 g/mol. The van der Waals surface area contributed by atoms with Gasteiger partial charge in [-0.05, 0) is 25.0 Å². The Hall–Kier alpha value is -2.69. The maximum Gasteiger partial charge on any atom is 0.274 e. The summed E-state index contributed by atoms with van der Waals surface area (Å²) in [5.74, 6) is -0.0585. The van der Waals surface area contributed by atoms with Gasteiger partial charge in [-0.15, -0.1) is 0 Å². The van der Waals surface area contributed by atoms with Gasteiger partial charge in [-0.25, -0.2) is 4.98 Å². The summed E-state index contributed by atoms with van der Waals surface area (Å²) in [7, 11) is 0. The third-order valence-corrected chi connectivity index (χ3v) is 4.17. The second-order valence-electron chi connectivity index (χ2n) is 5.65. The van der Waals surface area contributed by atoms with E-state index in [4.69, 9.17) is 0 Å². The van der Waals surface area contributed by atoms with E-state index in [0.29, 0.717) is 18.8 Å². The van der Waals surface area contributed by atoms with Gasteiger partial charge in [-0.1, -0.05) is 18.2 Å². The van der Waals surface area contributed by atoms with Gasteiger partial charge in [0.15, 0.2) is 0 Å².